The fourth-order valence-electron chi connectivity index (χ4n) is 3.83. The number of hydrazone groups is 1. The molecule has 0 amide bonds. The molecule has 0 fully saturated rings. The number of phenols is 1. The molecule has 0 aliphatic carbocycles. The minimum atomic E-state index is 0.153. The van der Waals surface area contributed by atoms with Crippen molar-refractivity contribution in [3.8, 4) is 5.75 Å². The number of rotatable bonds is 4. The third-order valence-electron chi connectivity index (χ3n) is 5.54. The van der Waals surface area contributed by atoms with Crippen LogP contribution in [0.4, 0.5) is 5.69 Å². The van der Waals surface area contributed by atoms with E-state index in [-0.39, 0.29) is 5.75 Å². The summed E-state index contributed by atoms with van der Waals surface area (Å²) < 4.78 is 1.69. The second kappa shape index (κ2) is 9.98. The number of hydrogen-bond acceptors (Lipinski definition) is 4. The van der Waals surface area contributed by atoms with E-state index in [1.807, 2.05) is 85.8 Å². The van der Waals surface area contributed by atoms with E-state index in [0.29, 0.717) is 17.1 Å². The summed E-state index contributed by atoms with van der Waals surface area (Å²) in [5.74, 6) is 0.623. The topological polar surface area (TPSA) is 69.9 Å². The summed E-state index contributed by atoms with van der Waals surface area (Å²) in [6, 6.07) is 27.3. The number of aromatic hydroxyl groups is 1. The minimum Gasteiger partial charge on any atom is -0.507 e. The van der Waals surface area contributed by atoms with Gasteiger partial charge in [-0.05, 0) is 85.5 Å². The maximum atomic E-state index is 10.5. The predicted molar refractivity (Wildman–Crippen MR) is 151 cm³/mol. The van der Waals surface area contributed by atoms with Crippen LogP contribution in [-0.4, -0.2) is 22.1 Å². The second-order valence-corrected chi connectivity index (χ2v) is 9.72. The smallest absolute Gasteiger partial charge is 0.173 e. The van der Waals surface area contributed by atoms with Crippen molar-refractivity contribution in [1.82, 2.24) is 10.4 Å². The van der Waals surface area contributed by atoms with Gasteiger partial charge >= 0.3 is 0 Å². The molecule has 0 bridgehead atoms. The number of benzene rings is 4. The highest BCUT2D eigenvalue weighted by molar-refractivity contribution is 9.11. The Bertz CT molecular complexity index is 1610. The van der Waals surface area contributed by atoms with Gasteiger partial charge in [-0.25, -0.2) is 9.98 Å². The Balaban J connectivity index is 1.59. The molecular formula is C28H20Br2N4O. The molecule has 4 aromatic carbocycles. The zero-order valence-electron chi connectivity index (χ0n) is 18.7. The van der Waals surface area contributed by atoms with E-state index in [9.17, 15) is 5.11 Å². The van der Waals surface area contributed by atoms with E-state index < -0.39 is 0 Å². The first-order valence-corrected chi connectivity index (χ1v) is 12.5. The number of hydrogen-bond donors (Lipinski definition) is 2. The first-order valence-electron chi connectivity index (χ1n) is 10.9. The van der Waals surface area contributed by atoms with Gasteiger partial charge in [0.1, 0.15) is 11.4 Å². The molecular weight excluding hydrogens is 568 g/mol. The molecule has 35 heavy (non-hydrogen) atoms. The van der Waals surface area contributed by atoms with Gasteiger partial charge < -0.3 is 5.11 Å². The molecule has 0 atom stereocenters. The van der Waals surface area contributed by atoms with E-state index in [4.69, 9.17) is 9.98 Å². The molecule has 5 rings (SSSR count). The van der Waals surface area contributed by atoms with Gasteiger partial charge in [-0.15, -0.1) is 0 Å². The molecule has 172 valence electrons. The average Bonchev–Trinajstić information content (AvgIpc) is 2.86. The normalized spacial score (nSPS) is 12.0. The zero-order chi connectivity index (χ0) is 24.4. The van der Waals surface area contributed by atoms with Gasteiger partial charge in [0.25, 0.3) is 0 Å². The molecule has 5 aromatic rings. The van der Waals surface area contributed by atoms with Crippen molar-refractivity contribution in [1.29, 1.82) is 0 Å². The van der Waals surface area contributed by atoms with Gasteiger partial charge in [0, 0.05) is 19.9 Å². The largest absolute Gasteiger partial charge is 0.507 e. The minimum absolute atomic E-state index is 0.153. The van der Waals surface area contributed by atoms with Crippen LogP contribution in [0.5, 0.6) is 5.75 Å². The monoisotopic (exact) mass is 586 g/mol. The third kappa shape index (κ3) is 4.97. The molecule has 2 N–H and O–H groups in total. The number of aryl methyl sites for hydroxylation is 1. The molecule has 0 spiro atoms. The van der Waals surface area contributed by atoms with Crippen LogP contribution < -0.4 is 5.43 Å². The van der Waals surface area contributed by atoms with Gasteiger partial charge in [-0.2, -0.15) is 5.10 Å². The number of phenolic OH excluding ortho intramolecular Hbond substituents is 1. The summed E-state index contributed by atoms with van der Waals surface area (Å²) in [6.07, 6.45) is 1.60. The van der Waals surface area contributed by atoms with E-state index >= 15 is 0 Å². The lowest BCUT2D eigenvalue weighted by molar-refractivity contribution is 0.475. The molecule has 0 unspecified atom stereocenters. The highest BCUT2D eigenvalue weighted by atomic mass is 79.9. The van der Waals surface area contributed by atoms with Gasteiger partial charge in [-0.1, -0.05) is 54.6 Å². The molecule has 5 nitrogen and oxygen atoms in total. The molecule has 0 aliphatic rings. The fourth-order valence-corrected chi connectivity index (χ4v) is 5.42. The third-order valence-corrected chi connectivity index (χ3v) is 6.75. The SMILES string of the molecule is Cc1cc(Br)c(N=C(NN=Cc2c(O)ccc3ccccc23)c2ccc3ccccc3n2)c(Br)c1. The van der Waals surface area contributed by atoms with Crippen LogP contribution in [0, 0.1) is 6.92 Å². The molecule has 0 radical (unpaired) electrons. The molecule has 1 heterocycles. The van der Waals surface area contributed by atoms with Gasteiger partial charge in [0.2, 0.25) is 0 Å². The van der Waals surface area contributed by atoms with Gasteiger partial charge in [-0.3, -0.25) is 5.43 Å². The summed E-state index contributed by atoms with van der Waals surface area (Å²) in [5.41, 5.74) is 7.01. The number of pyridine rings is 1. The van der Waals surface area contributed by atoms with E-state index in [1.54, 1.807) is 12.3 Å². The Kier molecular flexibility index (Phi) is 6.61. The Morgan fingerprint density at radius 2 is 1.57 bits per heavy atom. The lowest BCUT2D eigenvalue weighted by atomic mass is 10.0. The van der Waals surface area contributed by atoms with Gasteiger partial charge in [0.05, 0.1) is 17.4 Å². The van der Waals surface area contributed by atoms with Crippen molar-refractivity contribution >= 4 is 71.3 Å². The zero-order valence-corrected chi connectivity index (χ0v) is 21.9. The van der Waals surface area contributed by atoms with Crippen LogP contribution in [0.25, 0.3) is 21.7 Å². The predicted octanol–water partition coefficient (Wildman–Crippen LogP) is 7.63. The Labute approximate surface area is 219 Å². The fraction of sp³-hybridized carbons (Fsp3) is 0.0357. The van der Waals surface area contributed by atoms with Crippen LogP contribution in [0.3, 0.4) is 0 Å². The number of aromatic nitrogens is 1. The summed E-state index contributed by atoms with van der Waals surface area (Å²) in [7, 11) is 0. The van der Waals surface area contributed by atoms with E-state index in [2.05, 4.69) is 42.4 Å². The van der Waals surface area contributed by atoms with Crippen molar-refractivity contribution in [3.63, 3.8) is 0 Å². The Morgan fingerprint density at radius 3 is 2.37 bits per heavy atom. The van der Waals surface area contributed by atoms with E-state index in [0.717, 1.165) is 41.9 Å². The summed E-state index contributed by atoms with van der Waals surface area (Å²) in [4.78, 5) is 9.66. The number of fused-ring (bicyclic) bond motifs is 2. The van der Waals surface area contributed by atoms with Crippen molar-refractivity contribution in [2.45, 2.75) is 6.92 Å². The van der Waals surface area contributed by atoms with E-state index in [1.165, 1.54) is 0 Å². The molecule has 0 saturated carbocycles. The molecule has 0 saturated heterocycles. The van der Waals surface area contributed by atoms with Crippen LogP contribution in [-0.2, 0) is 0 Å². The number of para-hydroxylation sites is 1. The van der Waals surface area contributed by atoms with Gasteiger partial charge in [0.15, 0.2) is 5.84 Å². The highest BCUT2D eigenvalue weighted by Crippen LogP contribution is 2.35. The molecule has 7 heteroatoms. The van der Waals surface area contributed by atoms with Crippen molar-refractivity contribution in [3.05, 3.63) is 111 Å². The van der Waals surface area contributed by atoms with Crippen molar-refractivity contribution < 1.29 is 5.11 Å². The van der Waals surface area contributed by atoms with Crippen LogP contribution in [0.15, 0.2) is 104 Å². The second-order valence-electron chi connectivity index (χ2n) is 8.02. The van der Waals surface area contributed by atoms with Crippen molar-refractivity contribution in [2.24, 2.45) is 10.1 Å². The van der Waals surface area contributed by atoms with Crippen LogP contribution in [0.2, 0.25) is 0 Å². The Morgan fingerprint density at radius 1 is 0.886 bits per heavy atom. The molecule has 1 aromatic heterocycles. The number of aliphatic imine (C=N–C) groups is 1. The highest BCUT2D eigenvalue weighted by Gasteiger charge is 2.12. The number of amidine groups is 1. The lowest BCUT2D eigenvalue weighted by Crippen LogP contribution is -2.20. The first-order chi connectivity index (χ1) is 17.0. The maximum Gasteiger partial charge on any atom is 0.173 e. The number of nitrogens with one attached hydrogen (secondary N) is 1. The Hall–Kier alpha value is -3.55. The summed E-state index contributed by atoms with van der Waals surface area (Å²) in [6.45, 7) is 2.02. The number of halogens is 2. The number of nitrogens with zero attached hydrogens (tertiary/aromatic N) is 3. The van der Waals surface area contributed by atoms with Crippen molar-refractivity contribution in [2.75, 3.05) is 0 Å². The lowest BCUT2D eigenvalue weighted by Gasteiger charge is -2.10. The molecule has 0 aliphatic heterocycles. The first kappa shape index (κ1) is 23.2. The quantitative estimate of drug-likeness (QED) is 0.129. The standard InChI is InChI=1S/C28H20Br2N4O/c1-17-14-22(29)27(23(30)15-17)33-28(25-12-10-19-7-3-5-9-24(19)32-25)34-31-16-21-20-8-4-2-6-18(20)11-13-26(21)35/h2-16,35H,1H3,(H,33,34). The summed E-state index contributed by atoms with van der Waals surface area (Å²) in [5, 5.41) is 17.9. The van der Waals surface area contributed by atoms with Crippen LogP contribution >= 0.6 is 31.9 Å². The maximum absolute atomic E-state index is 10.5. The van der Waals surface area contributed by atoms with Crippen LogP contribution in [0.1, 0.15) is 16.8 Å². The average molecular weight is 588 g/mol. The summed E-state index contributed by atoms with van der Waals surface area (Å²) >= 11 is 7.25.